The maximum atomic E-state index is 5.66. The van der Waals surface area contributed by atoms with E-state index in [-0.39, 0.29) is 22.6 Å². The molecule has 0 saturated carbocycles. The molecule has 0 saturated heterocycles. The maximum absolute atomic E-state index is 5.66. The molecule has 0 aliphatic carbocycles. The van der Waals surface area contributed by atoms with Crippen molar-refractivity contribution >= 4 is 29.2 Å². The van der Waals surface area contributed by atoms with Gasteiger partial charge in [0.25, 0.3) is 0 Å². The van der Waals surface area contributed by atoms with Gasteiger partial charge in [-0.3, -0.25) is 0 Å². The number of hydrogen-bond acceptors (Lipinski definition) is 6. The summed E-state index contributed by atoms with van der Waals surface area (Å²) in [4.78, 5) is 15.5. The summed E-state index contributed by atoms with van der Waals surface area (Å²) in [7, 11) is 0. The molecule has 8 heteroatoms. The van der Waals surface area contributed by atoms with E-state index >= 15 is 0 Å². The van der Waals surface area contributed by atoms with Gasteiger partial charge in [0.15, 0.2) is 0 Å². The minimum absolute atomic E-state index is 0.0308. The van der Waals surface area contributed by atoms with Crippen molar-refractivity contribution in [1.82, 2.24) is 19.9 Å². The van der Waals surface area contributed by atoms with Crippen LogP contribution in [0.4, 0.5) is 5.95 Å². The lowest BCUT2D eigenvalue weighted by Crippen LogP contribution is -2.10. The Morgan fingerprint density at radius 2 is 1.88 bits per heavy atom. The average molecular weight is 274 g/mol. The van der Waals surface area contributed by atoms with Gasteiger partial charge in [-0.05, 0) is 37.0 Å². The lowest BCUT2D eigenvalue weighted by atomic mass is 10.3. The van der Waals surface area contributed by atoms with Crippen LogP contribution in [0.2, 0.25) is 10.6 Å². The van der Waals surface area contributed by atoms with Gasteiger partial charge < -0.3 is 9.73 Å². The Bertz CT molecular complexity index is 510. The predicted octanol–water partition coefficient (Wildman–Crippen LogP) is 2.65. The van der Waals surface area contributed by atoms with E-state index in [4.69, 9.17) is 27.6 Å². The molecule has 1 N–H and O–H groups in total. The minimum atomic E-state index is -0.196. The first-order valence-corrected chi connectivity index (χ1v) is 5.56. The molecule has 1 unspecified atom stereocenters. The summed E-state index contributed by atoms with van der Waals surface area (Å²) in [5.41, 5.74) is 0. The van der Waals surface area contributed by atoms with Crippen molar-refractivity contribution in [3.8, 4) is 0 Å². The van der Waals surface area contributed by atoms with E-state index in [9.17, 15) is 0 Å². The fourth-order valence-corrected chi connectivity index (χ4v) is 1.58. The average Bonchev–Trinajstić information content (AvgIpc) is 2.63. The monoisotopic (exact) mass is 273 g/mol. The van der Waals surface area contributed by atoms with Crippen LogP contribution in [-0.4, -0.2) is 19.9 Å². The molecule has 2 aromatic heterocycles. The molecule has 2 aromatic rings. The van der Waals surface area contributed by atoms with Crippen LogP contribution in [0.25, 0.3) is 0 Å². The highest BCUT2D eigenvalue weighted by molar-refractivity contribution is 6.31. The van der Waals surface area contributed by atoms with Gasteiger partial charge in [-0.25, -0.2) is 4.98 Å². The van der Waals surface area contributed by atoms with Gasteiger partial charge in [-0.1, -0.05) is 0 Å². The van der Waals surface area contributed by atoms with E-state index in [0.717, 1.165) is 5.76 Å². The van der Waals surface area contributed by atoms with Crippen LogP contribution < -0.4 is 5.32 Å². The topological polar surface area (TPSA) is 76.7 Å². The number of aryl methyl sites for hydroxylation is 1. The molecule has 0 aliphatic heterocycles. The molecular weight excluding hydrogens is 265 g/mol. The van der Waals surface area contributed by atoms with Crippen molar-refractivity contribution in [2.45, 2.75) is 19.9 Å². The van der Waals surface area contributed by atoms with Crippen LogP contribution >= 0.6 is 23.2 Å². The third-order valence-electron chi connectivity index (χ3n) is 1.94. The van der Waals surface area contributed by atoms with E-state index < -0.39 is 0 Å². The molecule has 0 aromatic carbocycles. The van der Waals surface area contributed by atoms with Gasteiger partial charge in [0.1, 0.15) is 11.8 Å². The first-order chi connectivity index (χ1) is 8.04. The lowest BCUT2D eigenvalue weighted by Gasteiger charge is -2.09. The Labute approximate surface area is 107 Å². The second-order valence-corrected chi connectivity index (χ2v) is 4.05. The van der Waals surface area contributed by atoms with Gasteiger partial charge in [-0.2, -0.15) is 15.0 Å². The number of rotatable bonds is 3. The normalized spacial score (nSPS) is 12.5. The number of nitrogens with one attached hydrogen (secondary N) is 1. The maximum Gasteiger partial charge on any atom is 0.228 e. The molecule has 2 rings (SSSR count). The van der Waals surface area contributed by atoms with Gasteiger partial charge in [0, 0.05) is 0 Å². The molecule has 90 valence electrons. The molecule has 0 aliphatic rings. The summed E-state index contributed by atoms with van der Waals surface area (Å²) in [6.07, 6.45) is 1.64. The molecule has 0 fully saturated rings. The number of hydrogen-bond donors (Lipinski definition) is 1. The highest BCUT2D eigenvalue weighted by Gasteiger charge is 2.13. The van der Waals surface area contributed by atoms with Crippen LogP contribution in [0.5, 0.6) is 0 Å². The van der Waals surface area contributed by atoms with Crippen molar-refractivity contribution in [2.75, 3.05) is 5.32 Å². The van der Waals surface area contributed by atoms with Gasteiger partial charge >= 0.3 is 0 Å². The van der Waals surface area contributed by atoms with Crippen LogP contribution in [0.1, 0.15) is 24.6 Å². The summed E-state index contributed by atoms with van der Waals surface area (Å²) >= 11 is 11.3. The third-order valence-corrected chi connectivity index (χ3v) is 2.27. The van der Waals surface area contributed by atoms with E-state index in [0.29, 0.717) is 5.89 Å². The fourth-order valence-electron chi connectivity index (χ4n) is 1.22. The zero-order valence-electron chi connectivity index (χ0n) is 9.11. The first kappa shape index (κ1) is 12.1. The summed E-state index contributed by atoms with van der Waals surface area (Å²) in [6.45, 7) is 3.68. The summed E-state index contributed by atoms with van der Waals surface area (Å²) in [5.74, 6) is 1.55. The predicted molar refractivity (Wildman–Crippen MR) is 63.1 cm³/mol. The van der Waals surface area contributed by atoms with Gasteiger partial charge in [-0.15, -0.1) is 0 Å². The zero-order chi connectivity index (χ0) is 12.4. The van der Waals surface area contributed by atoms with Crippen LogP contribution in [0, 0.1) is 6.92 Å². The Balaban J connectivity index is 2.15. The number of anilines is 1. The highest BCUT2D eigenvalue weighted by Crippen LogP contribution is 2.18. The van der Waals surface area contributed by atoms with E-state index in [2.05, 4.69) is 25.3 Å². The first-order valence-electron chi connectivity index (χ1n) is 4.80. The molecular formula is C9H9Cl2N5O. The van der Waals surface area contributed by atoms with Crippen molar-refractivity contribution in [3.05, 3.63) is 28.4 Å². The van der Waals surface area contributed by atoms with Crippen molar-refractivity contribution in [1.29, 1.82) is 0 Å². The second kappa shape index (κ2) is 4.85. The quantitative estimate of drug-likeness (QED) is 0.927. The van der Waals surface area contributed by atoms with Gasteiger partial charge in [0.05, 0.1) is 6.20 Å². The smallest absolute Gasteiger partial charge is 0.228 e. The molecule has 2 heterocycles. The summed E-state index contributed by atoms with van der Waals surface area (Å²) < 4.78 is 5.37. The molecule has 1 atom stereocenters. The zero-order valence-corrected chi connectivity index (χ0v) is 10.6. The summed E-state index contributed by atoms with van der Waals surface area (Å²) in [5, 5.41) is 3.03. The third kappa shape index (κ3) is 3.04. The Kier molecular flexibility index (Phi) is 3.44. The number of oxazole rings is 1. The fraction of sp³-hybridized carbons (Fsp3) is 0.333. The van der Waals surface area contributed by atoms with E-state index in [1.165, 1.54) is 0 Å². The standard InChI is InChI=1S/C9H9Cl2N5O/c1-4-3-12-6(17-4)5(2)13-9-15-7(10)14-8(11)16-9/h3,5H,1-2H3,(H,13,14,15,16). The van der Waals surface area contributed by atoms with Crippen LogP contribution in [0.3, 0.4) is 0 Å². The number of nitrogens with zero attached hydrogens (tertiary/aromatic N) is 4. The number of aromatic nitrogens is 4. The van der Waals surface area contributed by atoms with Gasteiger partial charge in [0.2, 0.25) is 22.4 Å². The van der Waals surface area contributed by atoms with Crippen molar-refractivity contribution < 1.29 is 4.42 Å². The number of halogens is 2. The molecule has 0 amide bonds. The molecule has 0 radical (unpaired) electrons. The van der Waals surface area contributed by atoms with Crippen LogP contribution in [0.15, 0.2) is 10.6 Å². The second-order valence-electron chi connectivity index (χ2n) is 3.37. The van der Waals surface area contributed by atoms with Crippen molar-refractivity contribution in [3.63, 3.8) is 0 Å². The molecule has 0 spiro atoms. The van der Waals surface area contributed by atoms with E-state index in [1.54, 1.807) is 6.20 Å². The summed E-state index contributed by atoms with van der Waals surface area (Å²) in [6, 6.07) is -0.196. The Morgan fingerprint density at radius 3 is 2.41 bits per heavy atom. The Morgan fingerprint density at radius 1 is 1.24 bits per heavy atom. The molecule has 0 bridgehead atoms. The lowest BCUT2D eigenvalue weighted by molar-refractivity contribution is 0.453. The van der Waals surface area contributed by atoms with Crippen molar-refractivity contribution in [2.24, 2.45) is 0 Å². The highest BCUT2D eigenvalue weighted by atomic mass is 35.5. The SMILES string of the molecule is Cc1cnc(C(C)Nc2nc(Cl)nc(Cl)n2)o1. The minimum Gasteiger partial charge on any atom is -0.444 e. The van der Waals surface area contributed by atoms with Crippen LogP contribution in [-0.2, 0) is 0 Å². The largest absolute Gasteiger partial charge is 0.444 e. The van der Waals surface area contributed by atoms with E-state index in [1.807, 2.05) is 13.8 Å². The molecule has 17 heavy (non-hydrogen) atoms. The molecule has 6 nitrogen and oxygen atoms in total. The Hall–Kier alpha value is -1.40.